The molecule has 122 valence electrons. The standard InChI is InChI=1S/C21H25N.ClH/c1-22(2)15-7-13-21-14-12-16(17-8-3-5-10-19(17)21)18-9-4-6-11-20(18)21;/h3-6,8-11,16H,7,12-15H2,1-2H3;1H/i1D3,15D2;. The smallest absolute Gasteiger partial charge is 0.0430 e. The Hall–Kier alpha value is -1.31. The summed E-state index contributed by atoms with van der Waals surface area (Å²) in [7, 11) is 1.35. The van der Waals surface area contributed by atoms with Gasteiger partial charge in [0.2, 0.25) is 0 Å². The van der Waals surface area contributed by atoms with Gasteiger partial charge in [0, 0.05) is 18.2 Å². The minimum Gasteiger partial charge on any atom is -0.309 e. The number of hydrogen-bond acceptors (Lipinski definition) is 1. The van der Waals surface area contributed by atoms with Crippen LogP contribution in [0.15, 0.2) is 48.5 Å². The lowest BCUT2D eigenvalue weighted by atomic mass is 9.54. The van der Waals surface area contributed by atoms with Gasteiger partial charge < -0.3 is 4.90 Å². The Morgan fingerprint density at radius 2 is 1.74 bits per heavy atom. The van der Waals surface area contributed by atoms with Crippen LogP contribution in [0.5, 0.6) is 0 Å². The molecule has 0 N–H and O–H groups in total. The Balaban J connectivity index is 0.00000225. The Morgan fingerprint density at radius 3 is 2.35 bits per heavy atom. The molecule has 0 spiro atoms. The van der Waals surface area contributed by atoms with Gasteiger partial charge in [0.25, 0.3) is 0 Å². The third-order valence-corrected chi connectivity index (χ3v) is 5.46. The lowest BCUT2D eigenvalue weighted by Crippen LogP contribution is -2.40. The molecule has 0 aliphatic heterocycles. The fraction of sp³-hybridized carbons (Fsp3) is 0.429. The van der Waals surface area contributed by atoms with Gasteiger partial charge in [-0.25, -0.2) is 0 Å². The van der Waals surface area contributed by atoms with Crippen molar-refractivity contribution in [1.82, 2.24) is 4.90 Å². The zero-order valence-corrected chi connectivity index (χ0v) is 14.2. The fourth-order valence-corrected chi connectivity index (χ4v) is 4.59. The summed E-state index contributed by atoms with van der Waals surface area (Å²) in [5.41, 5.74) is 5.07. The van der Waals surface area contributed by atoms with Crippen molar-refractivity contribution in [2.45, 2.75) is 37.0 Å². The Labute approximate surface area is 153 Å². The molecule has 0 amide bonds. The predicted octanol–water partition coefficient (Wildman–Crippen LogP) is 4.98. The van der Waals surface area contributed by atoms with Gasteiger partial charge in [0.05, 0.1) is 0 Å². The molecule has 0 heterocycles. The topological polar surface area (TPSA) is 3.24 Å². The molecule has 0 saturated carbocycles. The SMILES string of the molecule is Cl.[2H]C([2H])([2H])N(C)C([2H])([2H])CCC12CCC(c3ccccc31)c1ccccc12. The molecular formula is C21H26ClN. The summed E-state index contributed by atoms with van der Waals surface area (Å²) in [6, 6.07) is 17.1. The average molecular weight is 333 g/mol. The molecule has 23 heavy (non-hydrogen) atoms. The highest BCUT2D eigenvalue weighted by Gasteiger charge is 2.47. The van der Waals surface area contributed by atoms with Crippen LogP contribution >= 0.6 is 12.4 Å². The van der Waals surface area contributed by atoms with E-state index < -0.39 is 13.5 Å². The molecule has 1 nitrogen and oxygen atoms in total. The summed E-state index contributed by atoms with van der Waals surface area (Å²) in [6.45, 7) is -4.33. The van der Waals surface area contributed by atoms with Crippen LogP contribution < -0.4 is 0 Å². The van der Waals surface area contributed by atoms with E-state index in [4.69, 9.17) is 6.85 Å². The number of benzene rings is 2. The van der Waals surface area contributed by atoms with Crippen molar-refractivity contribution in [3.63, 3.8) is 0 Å². The maximum absolute atomic E-state index is 8.38. The summed E-state index contributed by atoms with van der Waals surface area (Å²) in [4.78, 5) is 0.892. The monoisotopic (exact) mass is 332 g/mol. The maximum Gasteiger partial charge on any atom is 0.0430 e. The largest absolute Gasteiger partial charge is 0.309 e. The molecule has 2 aromatic rings. The van der Waals surface area contributed by atoms with Crippen molar-refractivity contribution < 1.29 is 6.85 Å². The second kappa shape index (κ2) is 6.30. The van der Waals surface area contributed by atoms with Crippen molar-refractivity contribution in [2.24, 2.45) is 0 Å². The number of halogens is 1. The maximum atomic E-state index is 8.38. The van der Waals surface area contributed by atoms with Gasteiger partial charge in [-0.2, -0.15) is 0 Å². The molecule has 2 aromatic carbocycles. The highest BCUT2D eigenvalue weighted by atomic mass is 35.5. The number of nitrogens with zero attached hydrogens (tertiary/aromatic N) is 1. The van der Waals surface area contributed by atoms with Crippen LogP contribution in [0.4, 0.5) is 0 Å². The van der Waals surface area contributed by atoms with Gasteiger partial charge in [-0.05, 0) is 68.5 Å². The van der Waals surface area contributed by atoms with Gasteiger partial charge in [-0.1, -0.05) is 48.5 Å². The van der Waals surface area contributed by atoms with Crippen LogP contribution in [0, 0.1) is 0 Å². The normalized spacial score (nSPS) is 28.4. The van der Waals surface area contributed by atoms with Gasteiger partial charge in [0.1, 0.15) is 0 Å². The second-order valence-electron chi connectivity index (χ2n) is 6.56. The molecule has 0 atom stereocenters. The van der Waals surface area contributed by atoms with E-state index in [1.165, 1.54) is 29.3 Å². The zero-order chi connectivity index (χ0) is 19.4. The number of rotatable bonds is 4. The van der Waals surface area contributed by atoms with Crippen LogP contribution in [-0.2, 0) is 5.41 Å². The molecule has 3 aliphatic rings. The van der Waals surface area contributed by atoms with E-state index in [9.17, 15) is 0 Å². The highest BCUT2D eigenvalue weighted by Crippen LogP contribution is 2.57. The molecular weight excluding hydrogens is 302 g/mol. The van der Waals surface area contributed by atoms with Crippen molar-refractivity contribution in [2.75, 3.05) is 20.5 Å². The Morgan fingerprint density at radius 1 is 1.13 bits per heavy atom. The fourth-order valence-electron chi connectivity index (χ4n) is 4.59. The minimum atomic E-state index is -2.44. The third-order valence-electron chi connectivity index (χ3n) is 5.46. The summed E-state index contributed by atoms with van der Waals surface area (Å²) in [5, 5.41) is 0. The lowest BCUT2D eigenvalue weighted by molar-refractivity contribution is 0.313. The quantitative estimate of drug-likeness (QED) is 0.763. The first-order valence-electron chi connectivity index (χ1n) is 10.6. The van der Waals surface area contributed by atoms with E-state index in [1.54, 1.807) is 0 Å². The molecule has 3 aliphatic carbocycles. The molecule has 0 saturated heterocycles. The first-order valence-corrected chi connectivity index (χ1v) is 8.10. The van der Waals surface area contributed by atoms with Crippen LogP contribution in [0.25, 0.3) is 0 Å². The van der Waals surface area contributed by atoms with Crippen LogP contribution in [0.1, 0.15) is 60.7 Å². The first kappa shape index (κ1) is 11.3. The van der Waals surface area contributed by atoms with E-state index in [2.05, 4.69) is 48.5 Å². The van der Waals surface area contributed by atoms with Gasteiger partial charge in [-0.15, -0.1) is 12.4 Å². The summed E-state index contributed by atoms with van der Waals surface area (Å²) in [5.74, 6) is 0.418. The summed E-state index contributed by atoms with van der Waals surface area (Å²) >= 11 is 0. The minimum absolute atomic E-state index is 0. The number of fused-ring (bicyclic) bond motifs is 1. The van der Waals surface area contributed by atoms with Crippen LogP contribution in [0.2, 0.25) is 0 Å². The molecule has 5 rings (SSSR count). The van der Waals surface area contributed by atoms with Crippen molar-refractivity contribution >= 4 is 12.4 Å². The van der Waals surface area contributed by atoms with E-state index >= 15 is 0 Å². The van der Waals surface area contributed by atoms with Gasteiger partial charge in [0.15, 0.2) is 0 Å². The number of hydrogen-bond donors (Lipinski definition) is 0. The summed E-state index contributed by atoms with van der Waals surface area (Å²) in [6.07, 6.45) is 2.82. The molecule has 2 heteroatoms. The van der Waals surface area contributed by atoms with E-state index in [0.29, 0.717) is 12.3 Å². The van der Waals surface area contributed by atoms with Gasteiger partial charge in [-0.3, -0.25) is 0 Å². The first-order chi connectivity index (χ1) is 12.7. The molecule has 0 radical (unpaired) electrons. The Kier molecular flexibility index (Phi) is 3.09. The van der Waals surface area contributed by atoms with E-state index in [0.717, 1.165) is 17.7 Å². The van der Waals surface area contributed by atoms with Crippen LogP contribution in [-0.4, -0.2) is 25.4 Å². The molecule has 2 bridgehead atoms. The molecule has 0 fully saturated rings. The second-order valence-corrected chi connectivity index (χ2v) is 6.56. The molecule has 0 aromatic heterocycles. The van der Waals surface area contributed by atoms with Gasteiger partial charge >= 0.3 is 0 Å². The van der Waals surface area contributed by atoms with Crippen molar-refractivity contribution in [1.29, 1.82) is 0 Å². The Bertz CT molecular complexity index is 816. The van der Waals surface area contributed by atoms with Crippen molar-refractivity contribution in [3.05, 3.63) is 70.8 Å². The van der Waals surface area contributed by atoms with E-state index in [1.807, 2.05) is 0 Å². The lowest BCUT2D eigenvalue weighted by Gasteiger charge is -2.50. The predicted molar refractivity (Wildman–Crippen MR) is 99.8 cm³/mol. The summed E-state index contributed by atoms with van der Waals surface area (Å²) < 4.78 is 39.5. The average Bonchev–Trinajstić information content (AvgIpc) is 2.66. The third kappa shape index (κ3) is 2.51. The van der Waals surface area contributed by atoms with E-state index in [-0.39, 0.29) is 24.2 Å². The van der Waals surface area contributed by atoms with Crippen LogP contribution in [0.3, 0.4) is 0 Å². The molecule has 0 unspecified atom stereocenters. The van der Waals surface area contributed by atoms with Crippen molar-refractivity contribution in [3.8, 4) is 0 Å². The zero-order valence-electron chi connectivity index (χ0n) is 18.4. The highest BCUT2D eigenvalue weighted by molar-refractivity contribution is 5.85.